The largest absolute Gasteiger partial charge is 0.352 e. The molecule has 1 unspecified atom stereocenters. The summed E-state index contributed by atoms with van der Waals surface area (Å²) in [4.78, 5) is 0. The molecule has 0 radical (unpaired) electrons. The lowest BCUT2D eigenvalue weighted by molar-refractivity contribution is 0.628. The second kappa shape index (κ2) is 8.30. The summed E-state index contributed by atoms with van der Waals surface area (Å²) in [6.07, 6.45) is 0. The maximum Gasteiger partial charge on any atom is 0.171 e. The van der Waals surface area contributed by atoms with Crippen molar-refractivity contribution in [3.05, 3.63) is 100 Å². The number of hydrogen-bond acceptors (Lipinski definition) is 1. The van der Waals surface area contributed by atoms with Crippen molar-refractivity contribution in [2.24, 2.45) is 0 Å². The molecule has 2 nitrogen and oxygen atoms in total. The zero-order valence-corrected chi connectivity index (χ0v) is 15.7. The van der Waals surface area contributed by atoms with E-state index < -0.39 is 5.82 Å². The third-order valence-electron chi connectivity index (χ3n) is 4.00. The van der Waals surface area contributed by atoms with Crippen molar-refractivity contribution in [1.29, 1.82) is 0 Å². The van der Waals surface area contributed by atoms with Crippen LogP contribution in [0.1, 0.15) is 22.7 Å². The minimum absolute atomic E-state index is 0.0518. The third-order valence-corrected chi connectivity index (χ3v) is 4.51. The smallest absolute Gasteiger partial charge is 0.171 e. The number of hydrogen-bond donors (Lipinski definition) is 2. The minimum Gasteiger partial charge on any atom is -0.352 e. The zero-order valence-electron chi connectivity index (χ0n) is 14.2. The lowest BCUT2D eigenvalue weighted by Crippen LogP contribution is -2.33. The van der Waals surface area contributed by atoms with Crippen LogP contribution in [0, 0.1) is 12.7 Å². The van der Waals surface area contributed by atoms with Gasteiger partial charge in [-0.25, -0.2) is 4.39 Å². The van der Waals surface area contributed by atoms with Crippen LogP contribution in [0.25, 0.3) is 0 Å². The molecule has 0 amide bonds. The van der Waals surface area contributed by atoms with Crippen molar-refractivity contribution < 1.29 is 4.39 Å². The number of thiocarbonyl (C=S) groups is 1. The molecule has 1 atom stereocenters. The Morgan fingerprint density at radius 1 is 0.962 bits per heavy atom. The number of aryl methyl sites for hydroxylation is 1. The monoisotopic (exact) mass is 384 g/mol. The van der Waals surface area contributed by atoms with E-state index in [9.17, 15) is 4.39 Å². The molecule has 0 saturated heterocycles. The van der Waals surface area contributed by atoms with Crippen LogP contribution in [0.5, 0.6) is 0 Å². The lowest BCUT2D eigenvalue weighted by atomic mass is 9.98. The summed E-state index contributed by atoms with van der Waals surface area (Å²) in [7, 11) is 0. The number of anilines is 1. The van der Waals surface area contributed by atoms with E-state index in [4.69, 9.17) is 23.8 Å². The number of benzene rings is 3. The van der Waals surface area contributed by atoms with Crippen molar-refractivity contribution in [2.45, 2.75) is 13.0 Å². The van der Waals surface area contributed by atoms with Crippen LogP contribution in [0.15, 0.2) is 72.8 Å². The van der Waals surface area contributed by atoms with Gasteiger partial charge in [0.05, 0.1) is 11.1 Å². The van der Waals surface area contributed by atoms with Gasteiger partial charge in [0.2, 0.25) is 0 Å². The normalized spacial score (nSPS) is 11.7. The molecule has 0 saturated carbocycles. The van der Waals surface area contributed by atoms with E-state index in [1.807, 2.05) is 18.2 Å². The molecular weight excluding hydrogens is 367 g/mol. The fraction of sp³-hybridized carbons (Fsp3) is 0.0952. The van der Waals surface area contributed by atoms with E-state index >= 15 is 0 Å². The quantitative estimate of drug-likeness (QED) is 0.550. The van der Waals surface area contributed by atoms with E-state index in [0.717, 1.165) is 11.1 Å². The van der Waals surface area contributed by atoms with Gasteiger partial charge < -0.3 is 10.6 Å². The van der Waals surface area contributed by atoms with E-state index in [1.54, 1.807) is 6.07 Å². The molecule has 0 aliphatic rings. The summed E-state index contributed by atoms with van der Waals surface area (Å²) in [6, 6.07) is 22.7. The van der Waals surface area contributed by atoms with E-state index in [-0.39, 0.29) is 11.1 Å². The summed E-state index contributed by atoms with van der Waals surface area (Å²) in [5.41, 5.74) is 4.02. The van der Waals surface area contributed by atoms with Gasteiger partial charge in [-0.2, -0.15) is 0 Å². The molecule has 132 valence electrons. The predicted octanol–water partition coefficient (Wildman–Crippen LogP) is 5.86. The SMILES string of the molecule is Cc1ccc(C(NC(=S)Nc2ccc(F)c(Cl)c2)c2ccccc2)cc1. The van der Waals surface area contributed by atoms with Gasteiger partial charge in [-0.05, 0) is 48.5 Å². The van der Waals surface area contributed by atoms with Gasteiger partial charge in [0, 0.05) is 5.69 Å². The molecule has 26 heavy (non-hydrogen) atoms. The maximum absolute atomic E-state index is 13.3. The van der Waals surface area contributed by atoms with Crippen LogP contribution in [0.2, 0.25) is 5.02 Å². The standard InChI is InChI=1S/C21H18ClFN2S/c1-14-7-9-16(10-8-14)20(15-5-3-2-4-6-15)25-21(26)24-17-11-12-19(23)18(22)13-17/h2-13,20H,1H3,(H2,24,25,26). The van der Waals surface area contributed by atoms with Crippen molar-refractivity contribution in [3.63, 3.8) is 0 Å². The van der Waals surface area contributed by atoms with Gasteiger partial charge in [0.15, 0.2) is 5.11 Å². The van der Waals surface area contributed by atoms with Crippen LogP contribution in [-0.2, 0) is 0 Å². The average Bonchev–Trinajstić information content (AvgIpc) is 2.64. The van der Waals surface area contributed by atoms with E-state index in [2.05, 4.69) is 54.0 Å². The van der Waals surface area contributed by atoms with Crippen molar-refractivity contribution in [1.82, 2.24) is 5.32 Å². The molecule has 0 spiro atoms. The van der Waals surface area contributed by atoms with Gasteiger partial charge >= 0.3 is 0 Å². The highest BCUT2D eigenvalue weighted by Crippen LogP contribution is 2.23. The summed E-state index contributed by atoms with van der Waals surface area (Å²) in [6.45, 7) is 2.05. The lowest BCUT2D eigenvalue weighted by Gasteiger charge is -2.22. The second-order valence-electron chi connectivity index (χ2n) is 5.98. The molecule has 0 aromatic heterocycles. The maximum atomic E-state index is 13.3. The Hall–Kier alpha value is -2.43. The first-order chi connectivity index (χ1) is 12.5. The summed E-state index contributed by atoms with van der Waals surface area (Å²) in [5.74, 6) is -0.460. The van der Waals surface area contributed by atoms with Crippen molar-refractivity contribution >= 4 is 34.6 Å². The number of nitrogens with one attached hydrogen (secondary N) is 2. The zero-order chi connectivity index (χ0) is 18.5. The molecule has 0 fully saturated rings. The van der Waals surface area contributed by atoms with Crippen LogP contribution in [0.4, 0.5) is 10.1 Å². The summed E-state index contributed by atoms with van der Waals surface area (Å²) < 4.78 is 13.3. The van der Waals surface area contributed by atoms with Crippen molar-refractivity contribution in [3.8, 4) is 0 Å². The Labute approximate surface area is 163 Å². The average molecular weight is 385 g/mol. The van der Waals surface area contributed by atoms with Crippen LogP contribution in [0.3, 0.4) is 0 Å². The first-order valence-corrected chi connectivity index (χ1v) is 8.95. The van der Waals surface area contributed by atoms with Gasteiger partial charge in [0.1, 0.15) is 5.82 Å². The molecule has 0 aliphatic carbocycles. The Kier molecular flexibility index (Phi) is 5.86. The van der Waals surface area contributed by atoms with Gasteiger partial charge in [-0.15, -0.1) is 0 Å². The molecule has 0 bridgehead atoms. The Bertz CT molecular complexity index is 898. The molecule has 0 heterocycles. The highest BCUT2D eigenvalue weighted by atomic mass is 35.5. The first-order valence-electron chi connectivity index (χ1n) is 8.17. The fourth-order valence-corrected chi connectivity index (χ4v) is 3.05. The second-order valence-corrected chi connectivity index (χ2v) is 6.80. The van der Waals surface area contributed by atoms with Gasteiger partial charge in [-0.3, -0.25) is 0 Å². The van der Waals surface area contributed by atoms with E-state index in [1.165, 1.54) is 17.7 Å². The first kappa shape index (κ1) is 18.4. The molecule has 3 rings (SSSR count). The highest BCUT2D eigenvalue weighted by molar-refractivity contribution is 7.80. The van der Waals surface area contributed by atoms with Crippen LogP contribution >= 0.6 is 23.8 Å². The topological polar surface area (TPSA) is 24.1 Å². The molecular formula is C21H18ClFN2S. The van der Waals surface area contributed by atoms with Crippen LogP contribution < -0.4 is 10.6 Å². The Balaban J connectivity index is 1.82. The molecule has 3 aromatic carbocycles. The minimum atomic E-state index is -0.460. The highest BCUT2D eigenvalue weighted by Gasteiger charge is 2.15. The third kappa shape index (κ3) is 4.59. The molecule has 3 aromatic rings. The summed E-state index contributed by atoms with van der Waals surface area (Å²) in [5, 5.41) is 6.88. The van der Waals surface area contributed by atoms with E-state index in [0.29, 0.717) is 10.8 Å². The van der Waals surface area contributed by atoms with Gasteiger partial charge in [-0.1, -0.05) is 71.8 Å². The Morgan fingerprint density at radius 3 is 2.27 bits per heavy atom. The molecule has 2 N–H and O–H groups in total. The predicted molar refractivity (Wildman–Crippen MR) is 110 cm³/mol. The summed E-state index contributed by atoms with van der Waals surface area (Å²) >= 11 is 11.3. The number of halogens is 2. The fourth-order valence-electron chi connectivity index (χ4n) is 2.64. The molecule has 0 aliphatic heterocycles. The number of rotatable bonds is 4. The molecule has 5 heteroatoms. The van der Waals surface area contributed by atoms with Crippen LogP contribution in [-0.4, -0.2) is 5.11 Å². The van der Waals surface area contributed by atoms with Gasteiger partial charge in [0.25, 0.3) is 0 Å². The van der Waals surface area contributed by atoms with Crippen molar-refractivity contribution in [2.75, 3.05) is 5.32 Å². The Morgan fingerprint density at radius 2 is 1.62 bits per heavy atom.